The Hall–Kier alpha value is -2.24. The number of carbonyl (C=O) groups excluding carboxylic acids is 3. The van der Waals surface area contributed by atoms with Crippen molar-refractivity contribution in [3.63, 3.8) is 0 Å². The molecule has 5 nitrogen and oxygen atoms in total. The van der Waals surface area contributed by atoms with Crippen molar-refractivity contribution in [3.05, 3.63) is 35.1 Å². The van der Waals surface area contributed by atoms with Crippen molar-refractivity contribution >= 4 is 17.8 Å². The molecule has 1 heterocycles. The molecule has 1 atom stereocenters. The van der Waals surface area contributed by atoms with Gasteiger partial charge < -0.3 is 0 Å². The van der Waals surface area contributed by atoms with E-state index in [1.165, 1.54) is 6.07 Å². The molecule has 1 saturated carbocycles. The lowest BCUT2D eigenvalue weighted by Crippen LogP contribution is -2.59. The molecule has 4 amide bonds. The van der Waals surface area contributed by atoms with Gasteiger partial charge in [-0.1, -0.05) is 12.1 Å². The Morgan fingerprint density at radius 3 is 2.52 bits per heavy atom. The van der Waals surface area contributed by atoms with Crippen molar-refractivity contribution < 1.29 is 18.8 Å². The predicted octanol–water partition coefficient (Wildman–Crippen LogP) is 2.05. The molecule has 1 saturated heterocycles. The lowest BCUT2D eigenvalue weighted by Gasteiger charge is -2.34. The van der Waals surface area contributed by atoms with Crippen LogP contribution in [0.2, 0.25) is 0 Å². The maximum absolute atomic E-state index is 13.7. The minimum Gasteiger partial charge on any atom is -0.277 e. The van der Waals surface area contributed by atoms with Gasteiger partial charge >= 0.3 is 6.03 Å². The first-order chi connectivity index (χ1) is 9.86. The van der Waals surface area contributed by atoms with Gasteiger partial charge in [-0.2, -0.15) is 0 Å². The van der Waals surface area contributed by atoms with Gasteiger partial charge in [-0.3, -0.25) is 19.8 Å². The van der Waals surface area contributed by atoms with E-state index < -0.39 is 29.3 Å². The second-order valence-corrected chi connectivity index (χ2v) is 5.70. The highest BCUT2D eigenvalue weighted by molar-refractivity contribution is 6.21. The Morgan fingerprint density at radius 2 is 1.95 bits per heavy atom. The van der Waals surface area contributed by atoms with E-state index in [4.69, 9.17) is 0 Å². The lowest BCUT2D eigenvalue weighted by molar-refractivity contribution is -0.146. The SMILES string of the molecule is Cc1ccc(C(C)N2C(=O)NC(=O)C3(CC3)C2=O)cc1F. The number of nitrogens with one attached hydrogen (secondary N) is 1. The fourth-order valence-electron chi connectivity index (χ4n) is 2.63. The summed E-state index contributed by atoms with van der Waals surface area (Å²) in [5, 5.41) is 2.22. The molecule has 2 fully saturated rings. The molecule has 1 aliphatic carbocycles. The van der Waals surface area contributed by atoms with E-state index in [2.05, 4.69) is 5.32 Å². The third kappa shape index (κ3) is 1.93. The topological polar surface area (TPSA) is 66.5 Å². The Bertz CT molecular complexity index is 667. The molecule has 110 valence electrons. The maximum atomic E-state index is 13.7. The fourth-order valence-corrected chi connectivity index (χ4v) is 2.63. The molecule has 0 aromatic heterocycles. The zero-order chi connectivity index (χ0) is 15.4. The number of carbonyl (C=O) groups is 3. The van der Waals surface area contributed by atoms with Gasteiger partial charge in [0.15, 0.2) is 0 Å². The second kappa shape index (κ2) is 4.38. The minimum absolute atomic E-state index is 0.388. The lowest BCUT2D eigenvalue weighted by atomic mass is 9.98. The highest BCUT2D eigenvalue weighted by Gasteiger charge is 2.62. The number of urea groups is 1. The van der Waals surface area contributed by atoms with Crippen LogP contribution in [0.25, 0.3) is 0 Å². The van der Waals surface area contributed by atoms with Gasteiger partial charge in [0.2, 0.25) is 11.8 Å². The predicted molar refractivity (Wildman–Crippen MR) is 71.6 cm³/mol. The first-order valence-electron chi connectivity index (χ1n) is 6.82. The van der Waals surface area contributed by atoms with Gasteiger partial charge in [0.25, 0.3) is 0 Å². The standard InChI is InChI=1S/C15H15FN2O3/c1-8-3-4-10(7-11(8)16)9(2)18-13(20)15(5-6-15)12(19)17-14(18)21/h3-4,7,9H,5-6H2,1-2H3,(H,17,19,21). The van der Waals surface area contributed by atoms with Gasteiger partial charge in [0.05, 0.1) is 6.04 Å². The van der Waals surface area contributed by atoms with Crippen molar-refractivity contribution in [2.75, 3.05) is 0 Å². The van der Waals surface area contributed by atoms with Crippen LogP contribution >= 0.6 is 0 Å². The number of amides is 4. The number of nitrogens with zero attached hydrogens (tertiary/aromatic N) is 1. The number of hydrogen-bond acceptors (Lipinski definition) is 3. The molecule has 2 aliphatic rings. The van der Waals surface area contributed by atoms with E-state index in [-0.39, 0.29) is 5.82 Å². The molecule has 6 heteroatoms. The Balaban J connectivity index is 1.94. The summed E-state index contributed by atoms with van der Waals surface area (Å²) in [7, 11) is 0. The van der Waals surface area contributed by atoms with E-state index >= 15 is 0 Å². The number of imide groups is 2. The summed E-state index contributed by atoms with van der Waals surface area (Å²) in [6.45, 7) is 3.29. The highest BCUT2D eigenvalue weighted by atomic mass is 19.1. The fraction of sp³-hybridized carbons (Fsp3) is 0.400. The molecule has 1 aromatic carbocycles. The van der Waals surface area contributed by atoms with Crippen LogP contribution in [-0.4, -0.2) is 22.7 Å². The van der Waals surface area contributed by atoms with Crippen LogP contribution in [0.15, 0.2) is 18.2 Å². The minimum atomic E-state index is -1.08. The normalized spacial score (nSPS) is 21.5. The van der Waals surface area contributed by atoms with Gasteiger partial charge in [-0.15, -0.1) is 0 Å². The number of rotatable bonds is 2. The molecule has 3 rings (SSSR count). The summed E-state index contributed by atoms with van der Waals surface area (Å²) in [4.78, 5) is 37.2. The summed E-state index contributed by atoms with van der Waals surface area (Å²) in [6.07, 6.45) is 0.910. The monoisotopic (exact) mass is 290 g/mol. The van der Waals surface area contributed by atoms with Crippen molar-refractivity contribution in [2.45, 2.75) is 32.7 Å². The molecule has 1 spiro atoms. The Morgan fingerprint density at radius 1 is 1.29 bits per heavy atom. The van der Waals surface area contributed by atoms with Crippen molar-refractivity contribution in [2.24, 2.45) is 5.41 Å². The van der Waals surface area contributed by atoms with E-state index in [9.17, 15) is 18.8 Å². The zero-order valence-corrected chi connectivity index (χ0v) is 11.8. The number of hydrogen-bond donors (Lipinski definition) is 1. The van der Waals surface area contributed by atoms with Gasteiger partial charge in [0.1, 0.15) is 11.2 Å². The number of halogens is 1. The van der Waals surface area contributed by atoms with Crippen LogP contribution in [0.3, 0.4) is 0 Å². The number of benzene rings is 1. The highest BCUT2D eigenvalue weighted by Crippen LogP contribution is 2.50. The molecule has 1 N–H and O–H groups in total. The number of barbiturate groups is 1. The summed E-state index contributed by atoms with van der Waals surface area (Å²) in [5.74, 6) is -1.39. The average molecular weight is 290 g/mol. The van der Waals surface area contributed by atoms with Crippen LogP contribution in [0.5, 0.6) is 0 Å². The molecular weight excluding hydrogens is 275 g/mol. The van der Waals surface area contributed by atoms with Crippen molar-refractivity contribution in [1.82, 2.24) is 10.2 Å². The summed E-state index contributed by atoms with van der Waals surface area (Å²) in [5.41, 5.74) is -0.0632. The van der Waals surface area contributed by atoms with Crippen LogP contribution in [-0.2, 0) is 9.59 Å². The first-order valence-corrected chi connectivity index (χ1v) is 6.82. The molecule has 1 unspecified atom stereocenters. The molecule has 0 bridgehead atoms. The van der Waals surface area contributed by atoms with Gasteiger partial charge in [-0.05, 0) is 43.9 Å². The molecular formula is C15H15FN2O3. The van der Waals surface area contributed by atoms with Crippen LogP contribution in [0.1, 0.15) is 36.9 Å². The van der Waals surface area contributed by atoms with Crippen molar-refractivity contribution in [1.29, 1.82) is 0 Å². The van der Waals surface area contributed by atoms with E-state index in [0.29, 0.717) is 24.0 Å². The first kappa shape index (κ1) is 13.7. The van der Waals surface area contributed by atoms with Crippen molar-refractivity contribution in [3.8, 4) is 0 Å². The Labute approximate surface area is 121 Å². The second-order valence-electron chi connectivity index (χ2n) is 5.70. The smallest absolute Gasteiger partial charge is 0.277 e. The quantitative estimate of drug-likeness (QED) is 0.848. The van der Waals surface area contributed by atoms with Crippen LogP contribution < -0.4 is 5.32 Å². The Kier molecular flexibility index (Phi) is 2.86. The van der Waals surface area contributed by atoms with Gasteiger partial charge in [-0.25, -0.2) is 9.18 Å². The molecule has 1 aromatic rings. The third-order valence-electron chi connectivity index (χ3n) is 4.32. The third-order valence-corrected chi connectivity index (χ3v) is 4.32. The van der Waals surface area contributed by atoms with E-state index in [0.717, 1.165) is 4.90 Å². The van der Waals surface area contributed by atoms with Gasteiger partial charge in [0, 0.05) is 0 Å². The number of aryl methyl sites for hydroxylation is 1. The van der Waals surface area contributed by atoms with Crippen LogP contribution in [0.4, 0.5) is 9.18 Å². The molecule has 21 heavy (non-hydrogen) atoms. The summed E-state index contributed by atoms with van der Waals surface area (Å²) < 4.78 is 13.7. The van der Waals surface area contributed by atoms with E-state index in [1.54, 1.807) is 26.0 Å². The summed E-state index contributed by atoms with van der Waals surface area (Å²) in [6, 6.07) is 3.23. The summed E-state index contributed by atoms with van der Waals surface area (Å²) >= 11 is 0. The largest absolute Gasteiger partial charge is 0.331 e. The van der Waals surface area contributed by atoms with Crippen LogP contribution in [0, 0.1) is 18.2 Å². The molecule has 1 aliphatic heterocycles. The molecule has 0 radical (unpaired) electrons. The zero-order valence-electron chi connectivity index (χ0n) is 11.8. The maximum Gasteiger partial charge on any atom is 0.331 e. The average Bonchev–Trinajstić information content (AvgIpc) is 3.21. The van der Waals surface area contributed by atoms with E-state index in [1.807, 2.05) is 0 Å².